The second kappa shape index (κ2) is 15.5. The molecular formula is C42H62CuN4O2. The third kappa shape index (κ3) is 10.0. The summed E-state index contributed by atoms with van der Waals surface area (Å²) in [6.45, 7) is 35.8. The molecule has 1 radical (unpaired) electrons. The van der Waals surface area contributed by atoms with Crippen LogP contribution in [0.15, 0.2) is 36.4 Å². The average Bonchev–Trinajstić information content (AvgIpc) is 3.48. The maximum Gasteiger partial charge on any atom is 2.00 e. The number of benzene rings is 2. The summed E-state index contributed by atoms with van der Waals surface area (Å²) in [4.78, 5) is 0. The fourth-order valence-corrected chi connectivity index (χ4v) is 5.78. The Balaban J connectivity index is 0.000000333. The quantitative estimate of drug-likeness (QED) is 0.186. The van der Waals surface area contributed by atoms with Crippen molar-refractivity contribution in [1.82, 2.24) is 19.6 Å². The number of hydrogen-bond acceptors (Lipinski definition) is 4. The summed E-state index contributed by atoms with van der Waals surface area (Å²) in [5.41, 5.74) is 8.96. The van der Waals surface area contributed by atoms with Crippen molar-refractivity contribution < 1.29 is 27.3 Å². The van der Waals surface area contributed by atoms with E-state index in [1.165, 1.54) is 11.1 Å². The van der Waals surface area contributed by atoms with E-state index in [1.54, 1.807) is 0 Å². The SMILES string of the molecule is CCCn1nc(-c2cc(C(C)(C)C)cc(C(C)(C)C)c2[O-])cc1C.CCCn1nc(-c2cc(C(C)(C)C)cc(C(C)(C)C)c2[O-])cc1C.[Cu+2]. The van der Waals surface area contributed by atoms with Crippen molar-refractivity contribution in [3.05, 3.63) is 70.0 Å². The number of aryl methyl sites for hydroxylation is 4. The van der Waals surface area contributed by atoms with Crippen LogP contribution in [0.5, 0.6) is 11.5 Å². The van der Waals surface area contributed by atoms with Gasteiger partial charge in [-0.25, -0.2) is 0 Å². The van der Waals surface area contributed by atoms with Gasteiger partial charge >= 0.3 is 17.1 Å². The van der Waals surface area contributed by atoms with Crippen molar-refractivity contribution in [2.75, 3.05) is 0 Å². The summed E-state index contributed by atoms with van der Waals surface area (Å²) < 4.78 is 3.99. The first-order valence-corrected chi connectivity index (χ1v) is 17.7. The molecule has 49 heavy (non-hydrogen) atoms. The molecule has 0 aliphatic rings. The summed E-state index contributed by atoms with van der Waals surface area (Å²) in [6, 6.07) is 12.3. The molecule has 273 valence electrons. The minimum absolute atomic E-state index is 0. The zero-order valence-electron chi connectivity index (χ0n) is 33.2. The zero-order chi connectivity index (χ0) is 36.6. The largest absolute Gasteiger partial charge is 2.00 e. The fraction of sp³-hybridized carbons (Fsp3) is 0.571. The van der Waals surface area contributed by atoms with Crippen LogP contribution >= 0.6 is 0 Å². The van der Waals surface area contributed by atoms with Gasteiger partial charge in [0.25, 0.3) is 0 Å². The molecule has 0 aliphatic heterocycles. The first-order chi connectivity index (χ1) is 21.9. The molecule has 6 nitrogen and oxygen atoms in total. The van der Waals surface area contributed by atoms with E-state index in [0.29, 0.717) is 0 Å². The maximum absolute atomic E-state index is 13.1. The van der Waals surface area contributed by atoms with Gasteiger partial charge in [0.15, 0.2) is 0 Å². The van der Waals surface area contributed by atoms with Crippen LogP contribution in [0.3, 0.4) is 0 Å². The molecular weight excluding hydrogens is 656 g/mol. The standard InChI is InChI=1S/2C21H32N2O.Cu/c2*1-9-10-23-14(2)11-18(22-23)16-12-15(20(3,4)5)13-17(19(16)24)21(6,7)8;/h2*11-13,24H,9-10H2,1-8H3;/q;;+2/p-2. The molecule has 0 bridgehead atoms. The van der Waals surface area contributed by atoms with Gasteiger partial charge in [0, 0.05) is 24.5 Å². The summed E-state index contributed by atoms with van der Waals surface area (Å²) in [5, 5.41) is 35.6. The summed E-state index contributed by atoms with van der Waals surface area (Å²) >= 11 is 0. The molecule has 4 rings (SSSR count). The molecule has 0 saturated carbocycles. The summed E-state index contributed by atoms with van der Waals surface area (Å²) in [5.74, 6) is 0.216. The number of nitrogens with zero attached hydrogens (tertiary/aromatic N) is 4. The molecule has 2 aromatic heterocycles. The Morgan fingerprint density at radius 3 is 1.06 bits per heavy atom. The Hall–Kier alpha value is -3.02. The van der Waals surface area contributed by atoms with Crippen molar-refractivity contribution in [3.8, 4) is 34.0 Å². The smallest absolute Gasteiger partial charge is 0.872 e. The van der Waals surface area contributed by atoms with Crippen LogP contribution in [0.2, 0.25) is 0 Å². The molecule has 0 fully saturated rings. The van der Waals surface area contributed by atoms with Crippen molar-refractivity contribution >= 4 is 0 Å². The Kier molecular flexibility index (Phi) is 13.3. The van der Waals surface area contributed by atoms with E-state index in [-0.39, 0.29) is 50.2 Å². The molecule has 2 aromatic carbocycles. The van der Waals surface area contributed by atoms with E-state index in [4.69, 9.17) is 10.2 Å². The Bertz CT molecular complexity index is 1590. The van der Waals surface area contributed by atoms with Gasteiger partial charge in [-0.15, -0.1) is 0 Å². The Morgan fingerprint density at radius 2 is 0.816 bits per heavy atom. The van der Waals surface area contributed by atoms with Crippen LogP contribution in [-0.4, -0.2) is 19.6 Å². The van der Waals surface area contributed by atoms with Gasteiger partial charge in [0.2, 0.25) is 0 Å². The van der Waals surface area contributed by atoms with Crippen molar-refractivity contribution in [2.45, 2.75) is 158 Å². The van der Waals surface area contributed by atoms with E-state index in [2.05, 4.69) is 123 Å². The van der Waals surface area contributed by atoms with Gasteiger partial charge in [0.05, 0.1) is 11.4 Å². The molecule has 0 atom stereocenters. The minimum Gasteiger partial charge on any atom is -0.872 e. The summed E-state index contributed by atoms with van der Waals surface area (Å²) in [7, 11) is 0. The molecule has 4 aromatic rings. The van der Waals surface area contributed by atoms with Gasteiger partial charge in [0.1, 0.15) is 0 Å². The average molecular weight is 719 g/mol. The number of aromatic nitrogens is 4. The van der Waals surface area contributed by atoms with Crippen LogP contribution in [-0.2, 0) is 51.8 Å². The topological polar surface area (TPSA) is 81.8 Å². The minimum atomic E-state index is -0.186. The fourth-order valence-electron chi connectivity index (χ4n) is 5.78. The van der Waals surface area contributed by atoms with E-state index >= 15 is 0 Å². The maximum atomic E-state index is 13.1. The van der Waals surface area contributed by atoms with Crippen molar-refractivity contribution in [2.24, 2.45) is 0 Å². The molecule has 0 amide bonds. The van der Waals surface area contributed by atoms with Crippen LogP contribution in [0.25, 0.3) is 22.5 Å². The third-order valence-electron chi connectivity index (χ3n) is 8.91. The van der Waals surface area contributed by atoms with Gasteiger partial charge < -0.3 is 10.2 Å². The molecule has 0 saturated heterocycles. The molecule has 7 heteroatoms. The van der Waals surface area contributed by atoms with Crippen LogP contribution in [0, 0.1) is 13.8 Å². The van der Waals surface area contributed by atoms with Gasteiger partial charge in [-0.05, 0) is 106 Å². The predicted octanol–water partition coefficient (Wildman–Crippen LogP) is 9.87. The van der Waals surface area contributed by atoms with Crippen molar-refractivity contribution in [3.63, 3.8) is 0 Å². The first-order valence-electron chi connectivity index (χ1n) is 17.7. The van der Waals surface area contributed by atoms with Gasteiger partial charge in [-0.2, -0.15) is 10.2 Å². The monoisotopic (exact) mass is 717 g/mol. The summed E-state index contributed by atoms with van der Waals surface area (Å²) in [6.07, 6.45) is 2.06. The van der Waals surface area contributed by atoms with E-state index in [1.807, 2.05) is 33.6 Å². The van der Waals surface area contributed by atoms with Crippen LogP contribution < -0.4 is 10.2 Å². The molecule has 0 N–H and O–H groups in total. The molecule has 0 unspecified atom stereocenters. The molecule has 2 heterocycles. The normalized spacial score (nSPS) is 12.4. The van der Waals surface area contributed by atoms with E-state index in [0.717, 1.165) is 71.0 Å². The molecule has 0 spiro atoms. The van der Waals surface area contributed by atoms with Gasteiger partial charge in [-0.3, -0.25) is 9.36 Å². The number of rotatable bonds is 6. The first kappa shape index (κ1) is 42.1. The van der Waals surface area contributed by atoms with E-state index in [9.17, 15) is 10.2 Å². The van der Waals surface area contributed by atoms with Crippen LogP contribution in [0.1, 0.15) is 143 Å². The van der Waals surface area contributed by atoms with E-state index < -0.39 is 0 Å². The second-order valence-electron chi connectivity index (χ2n) is 17.6. The Morgan fingerprint density at radius 1 is 0.510 bits per heavy atom. The van der Waals surface area contributed by atoms with Crippen LogP contribution in [0.4, 0.5) is 0 Å². The van der Waals surface area contributed by atoms with Crippen molar-refractivity contribution in [1.29, 1.82) is 0 Å². The van der Waals surface area contributed by atoms with Gasteiger partial charge in [-0.1, -0.05) is 121 Å². The predicted molar refractivity (Wildman–Crippen MR) is 199 cm³/mol. The second-order valence-corrected chi connectivity index (χ2v) is 17.6. The Labute approximate surface area is 308 Å². The number of hydrogen-bond donors (Lipinski definition) is 0. The molecule has 0 aliphatic carbocycles. The third-order valence-corrected chi connectivity index (χ3v) is 8.91. The zero-order valence-corrected chi connectivity index (χ0v) is 34.1.